The number of amides is 1. The average Bonchev–Trinajstić information content (AvgIpc) is 3.26. The molecule has 150 valence electrons. The molecule has 4 rings (SSSR count). The highest BCUT2D eigenvalue weighted by molar-refractivity contribution is 8.27. The van der Waals surface area contributed by atoms with E-state index in [0.29, 0.717) is 32.0 Å². The number of thiocarbonyl (C=S) groups is 1. The fraction of sp³-hybridized carbons (Fsp3) is 0.0476. The molecule has 0 aliphatic carbocycles. The molecule has 1 saturated heterocycles. The highest BCUT2D eigenvalue weighted by atomic mass is 35.5. The van der Waals surface area contributed by atoms with Crippen molar-refractivity contribution in [2.24, 2.45) is 0 Å². The van der Waals surface area contributed by atoms with Crippen LogP contribution in [0, 0.1) is 17.0 Å². The normalized spacial score (nSPS) is 15.3. The van der Waals surface area contributed by atoms with Gasteiger partial charge in [0.2, 0.25) is 0 Å². The molecule has 6 nitrogen and oxygen atoms in total. The second-order valence-electron chi connectivity index (χ2n) is 6.48. The van der Waals surface area contributed by atoms with Gasteiger partial charge >= 0.3 is 0 Å². The van der Waals surface area contributed by atoms with E-state index in [2.05, 4.69) is 0 Å². The highest BCUT2D eigenvalue weighted by Gasteiger charge is 2.33. The van der Waals surface area contributed by atoms with Crippen LogP contribution in [-0.2, 0) is 4.79 Å². The molecular formula is C21H13ClN2O4S2. The number of rotatable bonds is 4. The summed E-state index contributed by atoms with van der Waals surface area (Å²) in [5.74, 6) is 0.448. The van der Waals surface area contributed by atoms with E-state index in [1.807, 2.05) is 31.2 Å². The number of hydrogen-bond donors (Lipinski definition) is 0. The number of carbonyl (C=O) groups excluding carboxylic acids is 1. The maximum Gasteiger partial charge on any atom is 0.281 e. The van der Waals surface area contributed by atoms with E-state index in [1.165, 1.54) is 28.8 Å². The lowest BCUT2D eigenvalue weighted by Gasteiger charge is -2.14. The molecule has 0 bridgehead atoms. The van der Waals surface area contributed by atoms with Crippen molar-refractivity contribution < 1.29 is 14.1 Å². The Bertz CT molecular complexity index is 1240. The molecule has 1 aromatic heterocycles. The Labute approximate surface area is 186 Å². The molecule has 2 heterocycles. The number of nitrogens with zero attached hydrogens (tertiary/aromatic N) is 2. The summed E-state index contributed by atoms with van der Waals surface area (Å²) >= 11 is 12.4. The van der Waals surface area contributed by atoms with Gasteiger partial charge in [0, 0.05) is 17.2 Å². The second-order valence-corrected chi connectivity index (χ2v) is 8.59. The second kappa shape index (κ2) is 8.06. The van der Waals surface area contributed by atoms with Crippen LogP contribution in [0.3, 0.4) is 0 Å². The fourth-order valence-electron chi connectivity index (χ4n) is 3.03. The van der Waals surface area contributed by atoms with Gasteiger partial charge in [0.15, 0.2) is 4.32 Å². The molecule has 2 aromatic carbocycles. The third kappa shape index (κ3) is 3.89. The maximum atomic E-state index is 12.9. The number of nitro benzene ring substituents is 1. The van der Waals surface area contributed by atoms with Gasteiger partial charge < -0.3 is 4.42 Å². The summed E-state index contributed by atoms with van der Waals surface area (Å²) in [6.07, 6.45) is 1.58. The molecule has 1 aliphatic heterocycles. The van der Waals surface area contributed by atoms with E-state index in [1.54, 1.807) is 24.3 Å². The number of hydrogen-bond acceptors (Lipinski definition) is 6. The minimum Gasteiger partial charge on any atom is -0.456 e. The number of benzene rings is 2. The topological polar surface area (TPSA) is 76.6 Å². The zero-order valence-corrected chi connectivity index (χ0v) is 17.9. The molecule has 0 radical (unpaired) electrons. The summed E-state index contributed by atoms with van der Waals surface area (Å²) in [6.45, 7) is 1.94. The van der Waals surface area contributed by atoms with Crippen LogP contribution in [-0.4, -0.2) is 15.2 Å². The Kier molecular flexibility index (Phi) is 5.46. The zero-order valence-electron chi connectivity index (χ0n) is 15.5. The van der Waals surface area contributed by atoms with Crippen LogP contribution >= 0.6 is 35.6 Å². The molecule has 9 heteroatoms. The van der Waals surface area contributed by atoms with Crippen LogP contribution in [0.15, 0.2) is 63.9 Å². The number of halogens is 1. The van der Waals surface area contributed by atoms with Crippen molar-refractivity contribution in [2.45, 2.75) is 6.92 Å². The molecule has 0 N–H and O–H groups in total. The minimum atomic E-state index is -0.517. The molecule has 0 atom stereocenters. The standard InChI is InChI=1S/C21H13ClN2O4S2/c1-12-3-2-4-14(9-12)23-20(25)19(30-21(23)29)11-15-6-8-18(28-15)16-7-5-13(22)10-17(16)24(26)27/h2-11H,1H3/b19-11-. The SMILES string of the molecule is Cc1cccc(N2C(=O)/C(=C/c3ccc(-c4ccc(Cl)cc4[N+](=O)[O-])o3)SC2=S)c1. The third-order valence-electron chi connectivity index (χ3n) is 4.38. The van der Waals surface area contributed by atoms with E-state index >= 15 is 0 Å². The summed E-state index contributed by atoms with van der Waals surface area (Å²) in [6, 6.07) is 15.1. The van der Waals surface area contributed by atoms with Crippen LogP contribution in [0.1, 0.15) is 11.3 Å². The molecule has 1 amide bonds. The Morgan fingerprint density at radius 3 is 2.73 bits per heavy atom. The molecule has 1 fully saturated rings. The van der Waals surface area contributed by atoms with Crippen LogP contribution in [0.4, 0.5) is 11.4 Å². The lowest BCUT2D eigenvalue weighted by atomic mass is 10.1. The maximum absolute atomic E-state index is 12.9. The van der Waals surface area contributed by atoms with Gasteiger partial charge in [0.25, 0.3) is 11.6 Å². The first-order chi connectivity index (χ1) is 14.3. The van der Waals surface area contributed by atoms with Crippen molar-refractivity contribution in [3.63, 3.8) is 0 Å². The van der Waals surface area contributed by atoms with Crippen molar-refractivity contribution in [3.05, 3.63) is 86.0 Å². The predicted molar refractivity (Wildman–Crippen MR) is 123 cm³/mol. The first kappa shape index (κ1) is 20.3. The van der Waals surface area contributed by atoms with Crippen LogP contribution in [0.25, 0.3) is 17.4 Å². The van der Waals surface area contributed by atoms with Gasteiger partial charge in [-0.1, -0.05) is 47.7 Å². The van der Waals surface area contributed by atoms with Crippen molar-refractivity contribution in [1.82, 2.24) is 0 Å². The van der Waals surface area contributed by atoms with Crippen LogP contribution in [0.5, 0.6) is 0 Å². The minimum absolute atomic E-state index is 0.158. The molecule has 0 spiro atoms. The molecule has 30 heavy (non-hydrogen) atoms. The summed E-state index contributed by atoms with van der Waals surface area (Å²) in [7, 11) is 0. The monoisotopic (exact) mass is 456 g/mol. The number of carbonyl (C=O) groups is 1. The Hall–Kier alpha value is -2.94. The Morgan fingerprint density at radius 1 is 1.20 bits per heavy atom. The summed E-state index contributed by atoms with van der Waals surface area (Å²) < 4.78 is 6.18. The summed E-state index contributed by atoms with van der Waals surface area (Å²) in [5.41, 5.74) is 1.87. The average molecular weight is 457 g/mol. The highest BCUT2D eigenvalue weighted by Crippen LogP contribution is 2.38. The van der Waals surface area contributed by atoms with Gasteiger partial charge in [-0.25, -0.2) is 0 Å². The Morgan fingerprint density at radius 2 is 2.00 bits per heavy atom. The van der Waals surface area contributed by atoms with Gasteiger partial charge in [0.05, 0.1) is 21.1 Å². The van der Waals surface area contributed by atoms with Crippen molar-refractivity contribution >= 4 is 63.3 Å². The van der Waals surface area contributed by atoms with Crippen molar-refractivity contribution in [2.75, 3.05) is 4.90 Å². The van der Waals surface area contributed by atoms with Crippen LogP contribution in [0.2, 0.25) is 5.02 Å². The van der Waals surface area contributed by atoms with Gasteiger partial charge in [-0.15, -0.1) is 0 Å². The van der Waals surface area contributed by atoms with Crippen molar-refractivity contribution in [1.29, 1.82) is 0 Å². The first-order valence-electron chi connectivity index (χ1n) is 8.72. The van der Waals surface area contributed by atoms with E-state index in [9.17, 15) is 14.9 Å². The summed E-state index contributed by atoms with van der Waals surface area (Å²) in [5, 5.41) is 11.6. The van der Waals surface area contributed by atoms with E-state index < -0.39 is 4.92 Å². The lowest BCUT2D eigenvalue weighted by molar-refractivity contribution is -0.384. The zero-order chi connectivity index (χ0) is 21.4. The molecule has 0 unspecified atom stereocenters. The smallest absolute Gasteiger partial charge is 0.281 e. The van der Waals surface area contributed by atoms with Gasteiger partial charge in [-0.3, -0.25) is 19.8 Å². The molecular weight excluding hydrogens is 444 g/mol. The van der Waals surface area contributed by atoms with E-state index in [4.69, 9.17) is 28.2 Å². The number of nitro groups is 1. The number of aryl methyl sites for hydroxylation is 1. The van der Waals surface area contributed by atoms with Crippen molar-refractivity contribution in [3.8, 4) is 11.3 Å². The van der Waals surface area contributed by atoms with Gasteiger partial charge in [-0.05, 0) is 48.9 Å². The number of anilines is 1. The quantitative estimate of drug-likeness (QED) is 0.201. The molecule has 0 saturated carbocycles. The Balaban J connectivity index is 1.65. The van der Waals surface area contributed by atoms with E-state index in [-0.39, 0.29) is 16.6 Å². The predicted octanol–water partition coefficient (Wildman–Crippen LogP) is 6.22. The largest absolute Gasteiger partial charge is 0.456 e. The lowest BCUT2D eigenvalue weighted by Crippen LogP contribution is -2.27. The number of thioether (sulfide) groups is 1. The van der Waals surface area contributed by atoms with Gasteiger partial charge in [-0.2, -0.15) is 0 Å². The molecule has 1 aliphatic rings. The van der Waals surface area contributed by atoms with E-state index in [0.717, 1.165) is 5.56 Å². The van der Waals surface area contributed by atoms with Gasteiger partial charge in [0.1, 0.15) is 11.5 Å². The molecule has 3 aromatic rings. The van der Waals surface area contributed by atoms with Crippen LogP contribution < -0.4 is 4.90 Å². The summed E-state index contributed by atoms with van der Waals surface area (Å²) in [4.78, 5) is 25.6. The number of furan rings is 1. The first-order valence-corrected chi connectivity index (χ1v) is 10.3. The third-order valence-corrected chi connectivity index (χ3v) is 5.91. The fourth-order valence-corrected chi connectivity index (χ4v) is 4.47.